The van der Waals surface area contributed by atoms with Crippen molar-refractivity contribution in [3.8, 4) is 0 Å². The number of fused-ring (bicyclic) bond motifs is 1. The SMILES string of the molecule is CC(=O)OCC1=C(Cl)Cc2ccccc21. The highest BCUT2D eigenvalue weighted by Crippen LogP contribution is 2.34. The lowest BCUT2D eigenvalue weighted by Crippen LogP contribution is -2.02. The lowest BCUT2D eigenvalue weighted by atomic mass is 10.1. The van der Waals surface area contributed by atoms with Crippen LogP contribution in [0.3, 0.4) is 0 Å². The van der Waals surface area contributed by atoms with E-state index in [0.29, 0.717) is 0 Å². The first-order chi connectivity index (χ1) is 7.18. The summed E-state index contributed by atoms with van der Waals surface area (Å²) in [7, 11) is 0. The number of rotatable bonds is 2. The zero-order valence-electron chi connectivity index (χ0n) is 8.42. The predicted octanol–water partition coefficient (Wildman–Crippen LogP) is 2.76. The third kappa shape index (κ3) is 2.05. The van der Waals surface area contributed by atoms with Gasteiger partial charge in [0.15, 0.2) is 0 Å². The average molecular weight is 223 g/mol. The van der Waals surface area contributed by atoms with Crippen molar-refractivity contribution in [3.63, 3.8) is 0 Å². The highest BCUT2D eigenvalue weighted by Gasteiger charge is 2.20. The van der Waals surface area contributed by atoms with Crippen molar-refractivity contribution in [2.75, 3.05) is 6.61 Å². The summed E-state index contributed by atoms with van der Waals surface area (Å²) in [6.07, 6.45) is 0.744. The number of allylic oxidation sites excluding steroid dienone is 1. The van der Waals surface area contributed by atoms with Crippen molar-refractivity contribution >= 4 is 23.1 Å². The van der Waals surface area contributed by atoms with Gasteiger partial charge in [0.1, 0.15) is 6.61 Å². The molecule has 0 heterocycles. The molecule has 0 atom stereocenters. The van der Waals surface area contributed by atoms with E-state index in [-0.39, 0.29) is 12.6 Å². The van der Waals surface area contributed by atoms with Crippen LogP contribution in [-0.4, -0.2) is 12.6 Å². The van der Waals surface area contributed by atoms with Gasteiger partial charge in [0, 0.05) is 23.9 Å². The summed E-state index contributed by atoms with van der Waals surface area (Å²) in [5.41, 5.74) is 3.23. The highest BCUT2D eigenvalue weighted by atomic mass is 35.5. The van der Waals surface area contributed by atoms with E-state index >= 15 is 0 Å². The van der Waals surface area contributed by atoms with Crippen molar-refractivity contribution in [1.82, 2.24) is 0 Å². The van der Waals surface area contributed by atoms with Crippen LogP contribution in [0, 0.1) is 0 Å². The number of carbonyl (C=O) groups is 1. The molecule has 1 aromatic carbocycles. The molecule has 15 heavy (non-hydrogen) atoms. The molecule has 0 fully saturated rings. The smallest absolute Gasteiger partial charge is 0.302 e. The first-order valence-corrected chi connectivity index (χ1v) is 5.15. The van der Waals surface area contributed by atoms with Crippen molar-refractivity contribution in [3.05, 3.63) is 40.4 Å². The molecular weight excluding hydrogens is 212 g/mol. The zero-order valence-corrected chi connectivity index (χ0v) is 9.17. The van der Waals surface area contributed by atoms with E-state index in [9.17, 15) is 4.79 Å². The molecule has 0 bridgehead atoms. The van der Waals surface area contributed by atoms with E-state index in [0.717, 1.165) is 22.6 Å². The van der Waals surface area contributed by atoms with Crippen LogP contribution in [0.25, 0.3) is 5.57 Å². The minimum absolute atomic E-state index is 0.269. The maximum Gasteiger partial charge on any atom is 0.302 e. The van der Waals surface area contributed by atoms with E-state index in [1.807, 2.05) is 24.3 Å². The Kier molecular flexibility index (Phi) is 2.78. The van der Waals surface area contributed by atoms with E-state index in [4.69, 9.17) is 16.3 Å². The second-order valence-corrected chi connectivity index (χ2v) is 3.95. The monoisotopic (exact) mass is 222 g/mol. The number of esters is 1. The zero-order chi connectivity index (χ0) is 10.8. The van der Waals surface area contributed by atoms with E-state index in [1.165, 1.54) is 12.5 Å². The van der Waals surface area contributed by atoms with Crippen molar-refractivity contribution in [2.24, 2.45) is 0 Å². The van der Waals surface area contributed by atoms with Crippen LogP contribution < -0.4 is 0 Å². The van der Waals surface area contributed by atoms with Gasteiger partial charge in [0.05, 0.1) is 0 Å². The summed E-state index contributed by atoms with van der Waals surface area (Å²) in [4.78, 5) is 10.7. The van der Waals surface area contributed by atoms with Crippen LogP contribution in [0.4, 0.5) is 0 Å². The molecule has 0 amide bonds. The van der Waals surface area contributed by atoms with Crippen LogP contribution in [-0.2, 0) is 16.0 Å². The second-order valence-electron chi connectivity index (χ2n) is 3.50. The maximum atomic E-state index is 10.7. The largest absolute Gasteiger partial charge is 0.461 e. The highest BCUT2D eigenvalue weighted by molar-refractivity contribution is 6.33. The lowest BCUT2D eigenvalue weighted by Gasteiger charge is -2.05. The molecule has 2 rings (SSSR count). The predicted molar refractivity (Wildman–Crippen MR) is 59.6 cm³/mol. The van der Waals surface area contributed by atoms with E-state index in [1.54, 1.807) is 0 Å². The van der Waals surface area contributed by atoms with Gasteiger partial charge >= 0.3 is 5.97 Å². The van der Waals surface area contributed by atoms with E-state index < -0.39 is 0 Å². The summed E-state index contributed by atoms with van der Waals surface area (Å²) >= 11 is 6.12. The Labute approximate surface area is 93.5 Å². The van der Waals surface area contributed by atoms with Gasteiger partial charge in [0.2, 0.25) is 0 Å². The summed E-state index contributed by atoms with van der Waals surface area (Å²) in [6, 6.07) is 7.99. The van der Waals surface area contributed by atoms with Crippen LogP contribution in [0.15, 0.2) is 29.3 Å². The van der Waals surface area contributed by atoms with Crippen molar-refractivity contribution in [1.29, 1.82) is 0 Å². The second kappa shape index (κ2) is 4.07. The molecule has 1 aliphatic rings. The summed E-state index contributed by atoms with van der Waals surface area (Å²) < 4.78 is 4.97. The quantitative estimate of drug-likeness (QED) is 0.720. The Morgan fingerprint density at radius 3 is 2.93 bits per heavy atom. The van der Waals surface area contributed by atoms with Crippen LogP contribution in [0.2, 0.25) is 0 Å². The van der Waals surface area contributed by atoms with Crippen molar-refractivity contribution < 1.29 is 9.53 Å². The number of hydrogen-bond acceptors (Lipinski definition) is 2. The molecular formula is C12H11ClO2. The van der Waals surface area contributed by atoms with Crippen LogP contribution >= 0.6 is 11.6 Å². The molecule has 0 aliphatic heterocycles. The summed E-state index contributed by atoms with van der Waals surface area (Å²) in [5.74, 6) is -0.281. The van der Waals surface area contributed by atoms with Crippen molar-refractivity contribution in [2.45, 2.75) is 13.3 Å². The molecule has 0 unspecified atom stereocenters. The van der Waals surface area contributed by atoms with Gasteiger partial charge in [-0.25, -0.2) is 0 Å². The van der Waals surface area contributed by atoms with Gasteiger partial charge in [0.25, 0.3) is 0 Å². The first kappa shape index (κ1) is 10.2. The number of halogens is 1. The topological polar surface area (TPSA) is 26.3 Å². The molecule has 1 aliphatic carbocycles. The van der Waals surface area contributed by atoms with Crippen LogP contribution in [0.5, 0.6) is 0 Å². The van der Waals surface area contributed by atoms with E-state index in [2.05, 4.69) is 0 Å². The minimum atomic E-state index is -0.281. The fourth-order valence-corrected chi connectivity index (χ4v) is 2.02. The number of hydrogen-bond donors (Lipinski definition) is 0. The molecule has 2 nitrogen and oxygen atoms in total. The molecule has 78 valence electrons. The summed E-state index contributed by atoms with van der Waals surface area (Å²) in [6.45, 7) is 1.67. The van der Waals surface area contributed by atoms with Gasteiger partial charge in [-0.05, 0) is 11.1 Å². The third-order valence-electron chi connectivity index (χ3n) is 2.44. The number of benzene rings is 1. The first-order valence-electron chi connectivity index (χ1n) is 4.77. The molecule has 0 N–H and O–H groups in total. The van der Waals surface area contributed by atoms with Gasteiger partial charge in [-0.1, -0.05) is 35.9 Å². The number of ether oxygens (including phenoxy) is 1. The molecule has 3 heteroatoms. The Hall–Kier alpha value is -1.28. The van der Waals surface area contributed by atoms with Gasteiger partial charge in [-0.15, -0.1) is 0 Å². The number of carbonyl (C=O) groups excluding carboxylic acids is 1. The van der Waals surface area contributed by atoms with Crippen LogP contribution in [0.1, 0.15) is 18.1 Å². The fraction of sp³-hybridized carbons (Fsp3) is 0.250. The fourth-order valence-electron chi connectivity index (χ4n) is 1.72. The Balaban J connectivity index is 2.24. The molecule has 0 aromatic heterocycles. The maximum absolute atomic E-state index is 10.7. The molecule has 1 aromatic rings. The third-order valence-corrected chi connectivity index (χ3v) is 2.80. The normalized spacial score (nSPS) is 14.0. The van der Waals surface area contributed by atoms with Gasteiger partial charge in [-0.2, -0.15) is 0 Å². The van der Waals surface area contributed by atoms with Gasteiger partial charge in [-0.3, -0.25) is 4.79 Å². The molecule has 0 saturated carbocycles. The Bertz CT molecular complexity index is 435. The average Bonchev–Trinajstić information content (AvgIpc) is 2.50. The summed E-state index contributed by atoms with van der Waals surface area (Å²) in [5, 5.41) is 0.775. The molecule has 0 saturated heterocycles. The van der Waals surface area contributed by atoms with Gasteiger partial charge < -0.3 is 4.74 Å². The Morgan fingerprint density at radius 1 is 1.47 bits per heavy atom. The molecule has 0 spiro atoms. The lowest BCUT2D eigenvalue weighted by molar-refractivity contribution is -0.139. The minimum Gasteiger partial charge on any atom is -0.461 e. The standard InChI is InChI=1S/C12H11ClO2/c1-8(14)15-7-11-10-5-3-2-4-9(10)6-12(11)13/h2-5H,6-7H2,1H3. The molecule has 0 radical (unpaired) electrons. The Morgan fingerprint density at radius 2 is 2.20 bits per heavy atom.